The molecule has 0 amide bonds. The third-order valence-corrected chi connectivity index (χ3v) is 14.1. The average Bonchev–Trinajstić information content (AvgIpc) is 3.51. The maximum absolute atomic E-state index is 11.7. The molecule has 0 saturated carbocycles. The van der Waals surface area contributed by atoms with Crippen molar-refractivity contribution in [3.63, 3.8) is 0 Å². The second kappa shape index (κ2) is 17.5. The van der Waals surface area contributed by atoms with Crippen LogP contribution in [0.25, 0.3) is 0 Å². The number of anilines is 1. The van der Waals surface area contributed by atoms with Gasteiger partial charge in [0.15, 0.2) is 5.71 Å². The molecule has 3 aromatic carbocycles. The van der Waals surface area contributed by atoms with Gasteiger partial charge < -0.3 is 19.1 Å². The molecule has 58 heavy (non-hydrogen) atoms. The summed E-state index contributed by atoms with van der Waals surface area (Å²) in [5.41, 5.74) is 8.42. The molecule has 1 N–H and O–H groups in total. The first-order valence-corrected chi connectivity index (χ1v) is 23.7. The van der Waals surface area contributed by atoms with Crippen molar-refractivity contribution in [3.05, 3.63) is 136 Å². The number of aromatic carboxylic acids is 1. The molecule has 6 rings (SSSR count). The van der Waals surface area contributed by atoms with Crippen LogP contribution < -0.4 is 4.90 Å². The molecule has 0 aromatic heterocycles. The Hall–Kier alpha value is -4.27. The van der Waals surface area contributed by atoms with Gasteiger partial charge in [0, 0.05) is 68.8 Å². The summed E-state index contributed by atoms with van der Waals surface area (Å²) >= 11 is 1.61. The van der Waals surface area contributed by atoms with Crippen molar-refractivity contribution in [2.24, 2.45) is 0 Å². The molecule has 308 valence electrons. The maximum Gasteiger partial charge on any atom is 0.335 e. The molecule has 0 unspecified atom stereocenters. The molecular weight excluding hydrogens is 793 g/mol. The van der Waals surface area contributed by atoms with Gasteiger partial charge in [-0.2, -0.15) is 4.58 Å². The molecular formula is C45H51N2O8S3-. The SMILES string of the molecule is CC1(C)C(/C=C/C2=C(Sc3ccc(C(=O)O)cc3)C(=C/C=C3\N(CCCCS(=O)(=O)[O-])c4ccccc4C3(C)C)/CCC2)=[N+](CCCCS(=O)(=O)[O-])c2ccccc21. The Labute approximate surface area is 347 Å². The van der Waals surface area contributed by atoms with E-state index >= 15 is 0 Å². The van der Waals surface area contributed by atoms with E-state index in [0.29, 0.717) is 25.9 Å². The van der Waals surface area contributed by atoms with E-state index in [9.17, 15) is 35.8 Å². The Morgan fingerprint density at radius 3 is 2.10 bits per heavy atom. The molecule has 3 aliphatic rings. The molecule has 13 heteroatoms. The standard InChI is InChI=1S/C45H52N2O8S3/c1-44(2)36-16-5-7-18-38(36)46(28-9-11-30-57(50,51)52)40(44)26-22-32-14-13-15-33(42(32)56-35-24-20-34(21-25-35)43(48)49)23-27-41-45(3,4)37-17-6-8-19-39(37)47(41)29-10-12-31-58(53,54)55/h5-8,16-27H,9-15,28-31H2,1-4H3,(H2-,48,49,50,51,52,53,54,55)/p-1. The maximum atomic E-state index is 11.7. The minimum absolute atomic E-state index is 0.214. The number of fused-ring (bicyclic) bond motifs is 2. The Balaban J connectivity index is 1.41. The first-order valence-electron chi connectivity index (χ1n) is 19.7. The average molecular weight is 844 g/mol. The summed E-state index contributed by atoms with van der Waals surface area (Å²) in [6.45, 7) is 9.87. The van der Waals surface area contributed by atoms with Crippen LogP contribution >= 0.6 is 11.8 Å². The first-order chi connectivity index (χ1) is 27.4. The summed E-state index contributed by atoms with van der Waals surface area (Å²) in [6.07, 6.45) is 12.9. The number of carboxylic acids is 1. The van der Waals surface area contributed by atoms with Crippen LogP contribution in [0.15, 0.2) is 124 Å². The van der Waals surface area contributed by atoms with Gasteiger partial charge in [-0.25, -0.2) is 21.6 Å². The summed E-state index contributed by atoms with van der Waals surface area (Å²) in [6, 6.07) is 23.4. The van der Waals surface area contributed by atoms with E-state index in [1.54, 1.807) is 23.9 Å². The third-order valence-electron chi connectivity index (χ3n) is 11.3. The van der Waals surface area contributed by atoms with E-state index in [4.69, 9.17) is 0 Å². The highest BCUT2D eigenvalue weighted by Crippen LogP contribution is 2.49. The number of para-hydroxylation sites is 2. The number of hydrogen-bond donors (Lipinski definition) is 1. The van der Waals surface area contributed by atoms with Crippen molar-refractivity contribution in [3.8, 4) is 0 Å². The first kappa shape index (κ1) is 43.3. The second-order valence-electron chi connectivity index (χ2n) is 16.1. The van der Waals surface area contributed by atoms with Gasteiger partial charge in [0.2, 0.25) is 5.69 Å². The highest BCUT2D eigenvalue weighted by atomic mass is 32.2. The molecule has 0 bridgehead atoms. The smallest absolute Gasteiger partial charge is 0.335 e. The zero-order valence-corrected chi connectivity index (χ0v) is 35.9. The van der Waals surface area contributed by atoms with E-state index in [0.717, 1.165) is 63.0 Å². The van der Waals surface area contributed by atoms with Crippen molar-refractivity contribution in [2.45, 2.75) is 88.4 Å². The topological polar surface area (TPSA) is 158 Å². The lowest BCUT2D eigenvalue weighted by molar-refractivity contribution is -0.438. The molecule has 3 aromatic rings. The molecule has 0 spiro atoms. The van der Waals surface area contributed by atoms with Gasteiger partial charge in [-0.15, -0.1) is 0 Å². The molecule has 2 aliphatic heterocycles. The van der Waals surface area contributed by atoms with Crippen LogP contribution in [0.5, 0.6) is 0 Å². The fourth-order valence-corrected chi connectivity index (χ4v) is 10.6. The Morgan fingerprint density at radius 1 is 0.793 bits per heavy atom. The van der Waals surface area contributed by atoms with Crippen LogP contribution in [0.3, 0.4) is 0 Å². The van der Waals surface area contributed by atoms with Crippen molar-refractivity contribution in [1.82, 2.24) is 0 Å². The predicted octanol–water partition coefficient (Wildman–Crippen LogP) is 8.81. The van der Waals surface area contributed by atoms with Gasteiger partial charge in [0.1, 0.15) is 6.54 Å². The van der Waals surface area contributed by atoms with E-state index in [1.807, 2.05) is 36.4 Å². The number of carboxylic acid groups (broad SMARTS) is 1. The Morgan fingerprint density at radius 2 is 1.43 bits per heavy atom. The number of unbranched alkanes of at least 4 members (excludes halogenated alkanes) is 2. The number of carbonyl (C=O) groups is 1. The lowest BCUT2D eigenvalue weighted by Crippen LogP contribution is -2.28. The summed E-state index contributed by atoms with van der Waals surface area (Å²) in [5, 5.41) is 9.56. The fraction of sp³-hybridized carbons (Fsp3) is 0.378. The van der Waals surface area contributed by atoms with Crippen molar-refractivity contribution in [1.29, 1.82) is 0 Å². The van der Waals surface area contributed by atoms with Crippen LogP contribution in [0.1, 0.15) is 94.1 Å². The fourth-order valence-electron chi connectivity index (χ4n) is 8.36. The molecule has 0 atom stereocenters. The lowest BCUT2D eigenvalue weighted by Gasteiger charge is -2.27. The zero-order valence-electron chi connectivity index (χ0n) is 33.4. The van der Waals surface area contributed by atoms with Gasteiger partial charge in [-0.3, -0.25) is 0 Å². The Kier molecular flexibility index (Phi) is 13.1. The van der Waals surface area contributed by atoms with Crippen molar-refractivity contribution < 1.29 is 40.4 Å². The summed E-state index contributed by atoms with van der Waals surface area (Å²) in [4.78, 5) is 15.9. The van der Waals surface area contributed by atoms with Gasteiger partial charge in [0.05, 0.1) is 31.2 Å². The van der Waals surface area contributed by atoms with E-state index in [-0.39, 0.29) is 29.2 Å². The molecule has 1 aliphatic carbocycles. The van der Waals surface area contributed by atoms with Crippen LogP contribution in [0.2, 0.25) is 0 Å². The number of benzene rings is 3. The summed E-state index contributed by atoms with van der Waals surface area (Å²) in [5.74, 6) is -1.77. The van der Waals surface area contributed by atoms with E-state index < -0.39 is 37.7 Å². The quantitative estimate of drug-likeness (QED) is 0.0840. The highest BCUT2D eigenvalue weighted by molar-refractivity contribution is 8.03. The lowest BCUT2D eigenvalue weighted by atomic mass is 9.81. The van der Waals surface area contributed by atoms with Crippen LogP contribution in [-0.2, 0) is 31.1 Å². The van der Waals surface area contributed by atoms with Gasteiger partial charge in [-0.05, 0) is 105 Å². The number of thioether (sulfide) groups is 1. The molecule has 10 nitrogen and oxygen atoms in total. The predicted molar refractivity (Wildman–Crippen MR) is 229 cm³/mol. The molecule has 2 heterocycles. The van der Waals surface area contributed by atoms with Crippen LogP contribution in [0.4, 0.5) is 11.4 Å². The van der Waals surface area contributed by atoms with Crippen molar-refractivity contribution in [2.75, 3.05) is 29.5 Å². The van der Waals surface area contributed by atoms with E-state index in [2.05, 4.69) is 85.7 Å². The minimum Gasteiger partial charge on any atom is -0.748 e. The van der Waals surface area contributed by atoms with Crippen molar-refractivity contribution >= 4 is 55.1 Å². The summed E-state index contributed by atoms with van der Waals surface area (Å²) in [7, 11) is -8.60. The van der Waals surface area contributed by atoms with Gasteiger partial charge in [-0.1, -0.05) is 74.2 Å². The second-order valence-corrected chi connectivity index (χ2v) is 20.3. The molecule has 0 saturated heterocycles. The third kappa shape index (κ3) is 9.94. The largest absolute Gasteiger partial charge is 0.748 e. The normalized spacial score (nSPS) is 19.1. The van der Waals surface area contributed by atoms with Gasteiger partial charge >= 0.3 is 5.97 Å². The minimum atomic E-state index is -4.30. The summed E-state index contributed by atoms with van der Waals surface area (Å²) < 4.78 is 70.4. The number of allylic oxidation sites excluding steroid dienone is 7. The van der Waals surface area contributed by atoms with E-state index in [1.165, 1.54) is 11.1 Å². The highest BCUT2D eigenvalue weighted by Gasteiger charge is 2.44. The van der Waals surface area contributed by atoms with Crippen LogP contribution in [0, 0.1) is 0 Å². The Bertz CT molecular complexity index is 2440. The number of rotatable bonds is 16. The number of hydrogen-bond acceptors (Lipinski definition) is 9. The zero-order chi connectivity index (χ0) is 41.9. The van der Waals surface area contributed by atoms with Crippen LogP contribution in [-0.4, -0.2) is 71.9 Å². The number of nitrogens with zero attached hydrogens (tertiary/aromatic N) is 2. The van der Waals surface area contributed by atoms with Gasteiger partial charge in [0.25, 0.3) is 0 Å². The molecule has 0 radical (unpaired) electrons. The molecule has 0 fully saturated rings. The monoisotopic (exact) mass is 843 g/mol.